The van der Waals surface area contributed by atoms with Crippen molar-refractivity contribution in [2.24, 2.45) is 0 Å². The van der Waals surface area contributed by atoms with Gasteiger partial charge in [0.1, 0.15) is 0 Å². The standard InChI is InChI=1S/C12H17F2N3S/c1-17(2)7-3-6-15-12(18)16-9-4-5-10(13)11(14)8-9/h4-5,8H,3,6-7H2,1-2H3,(H2,15,16,18)/p+1. The van der Waals surface area contributed by atoms with Gasteiger partial charge in [-0.05, 0) is 24.4 Å². The number of anilines is 1. The third-order valence-electron chi connectivity index (χ3n) is 2.32. The molecule has 1 aromatic rings. The molecule has 6 heteroatoms. The van der Waals surface area contributed by atoms with E-state index in [-0.39, 0.29) is 0 Å². The van der Waals surface area contributed by atoms with Gasteiger partial charge in [0.15, 0.2) is 16.7 Å². The van der Waals surface area contributed by atoms with Crippen molar-refractivity contribution < 1.29 is 13.7 Å². The SMILES string of the molecule is C[NH+](C)CCCNC(=S)Nc1ccc(F)c(F)c1. The zero-order chi connectivity index (χ0) is 13.5. The lowest BCUT2D eigenvalue weighted by Crippen LogP contribution is -3.05. The Morgan fingerprint density at radius 1 is 1.28 bits per heavy atom. The Hall–Kier alpha value is -1.27. The van der Waals surface area contributed by atoms with Gasteiger partial charge >= 0.3 is 0 Å². The van der Waals surface area contributed by atoms with E-state index in [1.54, 1.807) is 0 Å². The lowest BCUT2D eigenvalue weighted by atomic mass is 10.3. The minimum absolute atomic E-state index is 0.412. The van der Waals surface area contributed by atoms with E-state index < -0.39 is 11.6 Å². The van der Waals surface area contributed by atoms with Gasteiger partial charge in [0.05, 0.1) is 20.6 Å². The van der Waals surface area contributed by atoms with E-state index in [9.17, 15) is 8.78 Å². The smallest absolute Gasteiger partial charge is 0.170 e. The van der Waals surface area contributed by atoms with Gasteiger partial charge < -0.3 is 15.5 Å². The monoisotopic (exact) mass is 274 g/mol. The summed E-state index contributed by atoms with van der Waals surface area (Å²) in [4.78, 5) is 1.37. The number of halogens is 2. The summed E-state index contributed by atoms with van der Waals surface area (Å²) in [5, 5.41) is 6.23. The fourth-order valence-electron chi connectivity index (χ4n) is 1.39. The summed E-state index contributed by atoms with van der Waals surface area (Å²) in [5.41, 5.74) is 0.435. The van der Waals surface area contributed by atoms with Crippen molar-refractivity contribution >= 4 is 23.0 Å². The predicted molar refractivity (Wildman–Crippen MR) is 72.9 cm³/mol. The summed E-state index contributed by atoms with van der Waals surface area (Å²) in [7, 11) is 4.16. The third kappa shape index (κ3) is 5.37. The topological polar surface area (TPSA) is 28.5 Å². The van der Waals surface area contributed by atoms with Crippen LogP contribution in [0.4, 0.5) is 14.5 Å². The van der Waals surface area contributed by atoms with E-state index >= 15 is 0 Å². The highest BCUT2D eigenvalue weighted by Gasteiger charge is 2.03. The second-order valence-electron chi connectivity index (χ2n) is 4.32. The molecule has 0 aliphatic heterocycles. The highest BCUT2D eigenvalue weighted by molar-refractivity contribution is 7.80. The summed E-state index contributed by atoms with van der Waals surface area (Å²) in [6.07, 6.45) is 0.988. The highest BCUT2D eigenvalue weighted by Crippen LogP contribution is 2.12. The molecule has 0 unspecified atom stereocenters. The molecule has 0 fully saturated rings. The fraction of sp³-hybridized carbons (Fsp3) is 0.417. The maximum Gasteiger partial charge on any atom is 0.170 e. The summed E-state index contributed by atoms with van der Waals surface area (Å²) < 4.78 is 25.7. The molecule has 0 aliphatic carbocycles. The molecule has 0 saturated heterocycles. The van der Waals surface area contributed by atoms with Crippen LogP contribution in [0.2, 0.25) is 0 Å². The first kappa shape index (κ1) is 14.8. The maximum atomic E-state index is 12.9. The van der Waals surface area contributed by atoms with Gasteiger partial charge in [-0.25, -0.2) is 8.78 Å². The van der Waals surface area contributed by atoms with Crippen molar-refractivity contribution in [2.75, 3.05) is 32.5 Å². The number of rotatable bonds is 5. The van der Waals surface area contributed by atoms with Crippen molar-refractivity contribution in [3.05, 3.63) is 29.8 Å². The Bertz CT molecular complexity index is 410. The molecule has 1 rings (SSSR count). The van der Waals surface area contributed by atoms with Gasteiger partial charge in [0.25, 0.3) is 0 Å². The quantitative estimate of drug-likeness (QED) is 0.547. The van der Waals surface area contributed by atoms with Gasteiger partial charge in [-0.2, -0.15) is 0 Å². The van der Waals surface area contributed by atoms with Crippen molar-refractivity contribution in [1.82, 2.24) is 5.32 Å². The van der Waals surface area contributed by atoms with Crippen LogP contribution in [0.15, 0.2) is 18.2 Å². The number of hydrogen-bond acceptors (Lipinski definition) is 1. The normalized spacial score (nSPS) is 10.5. The summed E-state index contributed by atoms with van der Waals surface area (Å²) in [5.74, 6) is -1.76. The molecule has 0 radical (unpaired) electrons. The molecule has 3 nitrogen and oxygen atoms in total. The number of hydrogen-bond donors (Lipinski definition) is 3. The van der Waals surface area contributed by atoms with Crippen molar-refractivity contribution in [3.8, 4) is 0 Å². The lowest BCUT2D eigenvalue weighted by molar-refractivity contribution is -0.858. The van der Waals surface area contributed by atoms with Crippen LogP contribution < -0.4 is 15.5 Å². The van der Waals surface area contributed by atoms with Gasteiger partial charge in [0.2, 0.25) is 0 Å². The molecule has 3 N–H and O–H groups in total. The molecule has 100 valence electrons. The first-order chi connectivity index (χ1) is 8.49. The van der Waals surface area contributed by atoms with E-state index in [2.05, 4.69) is 24.7 Å². The Morgan fingerprint density at radius 2 is 2.00 bits per heavy atom. The molecule has 1 aromatic carbocycles. The summed E-state index contributed by atoms with van der Waals surface area (Å²) in [6.45, 7) is 1.79. The first-order valence-corrected chi connectivity index (χ1v) is 6.19. The van der Waals surface area contributed by atoms with Crippen molar-refractivity contribution in [2.45, 2.75) is 6.42 Å². The van der Waals surface area contributed by atoms with E-state index in [0.717, 1.165) is 31.6 Å². The van der Waals surface area contributed by atoms with Crippen LogP contribution in [0.5, 0.6) is 0 Å². The minimum Gasteiger partial charge on any atom is -0.362 e. The Morgan fingerprint density at radius 3 is 2.61 bits per heavy atom. The van der Waals surface area contributed by atoms with Crippen LogP contribution in [0, 0.1) is 11.6 Å². The molecular formula is C12H18F2N3S+. The second-order valence-corrected chi connectivity index (χ2v) is 4.73. The molecule has 0 atom stereocenters. The van der Waals surface area contributed by atoms with Crippen molar-refractivity contribution in [1.29, 1.82) is 0 Å². The highest BCUT2D eigenvalue weighted by atomic mass is 32.1. The first-order valence-electron chi connectivity index (χ1n) is 5.78. The minimum atomic E-state index is -0.890. The molecular weight excluding hydrogens is 256 g/mol. The Balaban J connectivity index is 2.33. The van der Waals surface area contributed by atoms with Gasteiger partial charge in [0, 0.05) is 24.7 Å². The molecule has 0 aliphatic rings. The van der Waals surface area contributed by atoms with E-state index in [1.807, 2.05) is 0 Å². The largest absolute Gasteiger partial charge is 0.362 e. The van der Waals surface area contributed by atoms with E-state index in [1.165, 1.54) is 11.0 Å². The van der Waals surface area contributed by atoms with Gasteiger partial charge in [-0.3, -0.25) is 0 Å². The predicted octanol–water partition coefficient (Wildman–Crippen LogP) is 0.786. The number of benzene rings is 1. The van der Waals surface area contributed by atoms with Crippen LogP contribution in [0.25, 0.3) is 0 Å². The average Bonchev–Trinajstić information content (AvgIpc) is 2.29. The zero-order valence-electron chi connectivity index (χ0n) is 10.5. The zero-order valence-corrected chi connectivity index (χ0v) is 11.3. The van der Waals surface area contributed by atoms with Gasteiger partial charge in [-0.1, -0.05) is 0 Å². The molecule has 0 saturated carbocycles. The Labute approximate surface area is 111 Å². The third-order valence-corrected chi connectivity index (χ3v) is 2.56. The maximum absolute atomic E-state index is 12.9. The van der Waals surface area contributed by atoms with E-state index in [0.29, 0.717) is 10.8 Å². The van der Waals surface area contributed by atoms with Crippen LogP contribution >= 0.6 is 12.2 Å². The molecule has 0 aromatic heterocycles. The molecule has 18 heavy (non-hydrogen) atoms. The molecule has 0 heterocycles. The number of quaternary nitrogens is 1. The van der Waals surface area contributed by atoms with Crippen LogP contribution in [0.1, 0.15) is 6.42 Å². The Kier molecular flexibility index (Phi) is 5.94. The van der Waals surface area contributed by atoms with Crippen molar-refractivity contribution in [3.63, 3.8) is 0 Å². The van der Waals surface area contributed by atoms with Gasteiger partial charge in [-0.15, -0.1) is 0 Å². The summed E-state index contributed by atoms with van der Waals surface area (Å²) in [6, 6.07) is 3.58. The van der Waals surface area contributed by atoms with E-state index in [4.69, 9.17) is 12.2 Å². The molecule has 0 amide bonds. The number of nitrogens with one attached hydrogen (secondary N) is 3. The second kappa shape index (κ2) is 7.23. The molecule has 0 bridgehead atoms. The molecule has 0 spiro atoms. The lowest BCUT2D eigenvalue weighted by Gasteiger charge is -2.11. The number of thiocarbonyl (C=S) groups is 1. The van der Waals surface area contributed by atoms with Crippen LogP contribution in [-0.4, -0.2) is 32.3 Å². The van der Waals surface area contributed by atoms with Crippen LogP contribution in [-0.2, 0) is 0 Å². The average molecular weight is 274 g/mol. The fourth-order valence-corrected chi connectivity index (χ4v) is 1.61. The summed E-state index contributed by atoms with van der Waals surface area (Å²) >= 11 is 5.05. The van der Waals surface area contributed by atoms with Crippen LogP contribution in [0.3, 0.4) is 0 Å².